The minimum atomic E-state index is 0.0509. The minimum Gasteiger partial charge on any atom is -0.308 e. The predicted molar refractivity (Wildman–Crippen MR) is 122 cm³/mol. The van der Waals surface area contributed by atoms with Gasteiger partial charge in [0.05, 0.1) is 10.2 Å². The largest absolute Gasteiger partial charge is 0.308 e. The molecule has 4 nitrogen and oxygen atoms in total. The third-order valence-electron chi connectivity index (χ3n) is 5.69. The summed E-state index contributed by atoms with van der Waals surface area (Å²) in [6, 6.07) is 12.7. The van der Waals surface area contributed by atoms with Gasteiger partial charge in [0, 0.05) is 18.7 Å². The first-order chi connectivity index (χ1) is 14.0. The summed E-state index contributed by atoms with van der Waals surface area (Å²) >= 11 is 1.61. The van der Waals surface area contributed by atoms with E-state index in [-0.39, 0.29) is 5.91 Å². The van der Waals surface area contributed by atoms with Crippen LogP contribution in [-0.4, -0.2) is 43.0 Å². The van der Waals surface area contributed by atoms with Crippen molar-refractivity contribution in [3.63, 3.8) is 0 Å². The zero-order chi connectivity index (χ0) is 20.4. The van der Waals surface area contributed by atoms with Crippen LogP contribution < -0.4 is 4.90 Å². The van der Waals surface area contributed by atoms with Gasteiger partial charge in [0.15, 0.2) is 5.13 Å². The number of rotatable bonds is 6. The summed E-state index contributed by atoms with van der Waals surface area (Å²) in [6.07, 6.45) is 5.68. The molecule has 1 heterocycles. The molecule has 4 rings (SSSR count). The van der Waals surface area contributed by atoms with Crippen LogP contribution in [0.15, 0.2) is 36.4 Å². The quantitative estimate of drug-likeness (QED) is 0.580. The Kier molecular flexibility index (Phi) is 5.97. The Balaban J connectivity index is 1.68. The van der Waals surface area contributed by atoms with E-state index in [0.717, 1.165) is 46.7 Å². The number of benzene rings is 2. The Morgan fingerprint density at radius 2 is 1.83 bits per heavy atom. The lowest BCUT2D eigenvalue weighted by Crippen LogP contribution is -2.36. The second-order valence-electron chi connectivity index (χ2n) is 8.10. The van der Waals surface area contributed by atoms with Crippen molar-refractivity contribution in [3.05, 3.63) is 58.7 Å². The van der Waals surface area contributed by atoms with Crippen molar-refractivity contribution in [2.45, 2.75) is 39.0 Å². The van der Waals surface area contributed by atoms with Gasteiger partial charge >= 0.3 is 0 Å². The van der Waals surface area contributed by atoms with Crippen LogP contribution >= 0.6 is 11.3 Å². The van der Waals surface area contributed by atoms with Gasteiger partial charge < -0.3 is 4.90 Å². The van der Waals surface area contributed by atoms with Crippen molar-refractivity contribution in [2.24, 2.45) is 0 Å². The van der Waals surface area contributed by atoms with E-state index < -0.39 is 0 Å². The highest BCUT2D eigenvalue weighted by Gasteiger charge is 2.23. The fourth-order valence-corrected chi connectivity index (χ4v) is 4.95. The summed E-state index contributed by atoms with van der Waals surface area (Å²) in [4.78, 5) is 22.3. The Morgan fingerprint density at radius 1 is 1.03 bits per heavy atom. The minimum absolute atomic E-state index is 0.0509. The van der Waals surface area contributed by atoms with Crippen LogP contribution in [0.25, 0.3) is 10.2 Å². The number of aryl methyl sites for hydroxylation is 3. The number of fused-ring (bicyclic) bond motifs is 2. The summed E-state index contributed by atoms with van der Waals surface area (Å²) in [6.45, 7) is 3.59. The number of nitrogens with zero attached hydrogens (tertiary/aromatic N) is 3. The van der Waals surface area contributed by atoms with Crippen molar-refractivity contribution in [1.29, 1.82) is 0 Å². The molecule has 0 atom stereocenters. The van der Waals surface area contributed by atoms with E-state index >= 15 is 0 Å². The normalized spacial score (nSPS) is 13.7. The lowest BCUT2D eigenvalue weighted by Gasteiger charge is -2.23. The van der Waals surface area contributed by atoms with E-state index in [2.05, 4.69) is 42.2 Å². The number of carbonyl (C=O) groups excluding carboxylic acids is 1. The number of thiazole rings is 1. The van der Waals surface area contributed by atoms with Crippen molar-refractivity contribution >= 4 is 32.6 Å². The molecule has 0 spiro atoms. The molecule has 3 aromatic rings. The number of aromatic nitrogens is 1. The fourth-order valence-electron chi connectivity index (χ4n) is 3.90. The molecule has 2 aromatic carbocycles. The maximum atomic E-state index is 13.5. The molecule has 29 heavy (non-hydrogen) atoms. The molecule has 1 aromatic heterocycles. The van der Waals surface area contributed by atoms with Crippen molar-refractivity contribution in [1.82, 2.24) is 9.88 Å². The predicted octanol–water partition coefficient (Wildman–Crippen LogP) is 4.95. The van der Waals surface area contributed by atoms with Gasteiger partial charge in [-0.15, -0.1) is 0 Å². The summed E-state index contributed by atoms with van der Waals surface area (Å²) in [5.74, 6) is 0.0509. The number of anilines is 1. The first-order valence-electron chi connectivity index (χ1n) is 10.5. The molecule has 5 heteroatoms. The molecular weight excluding hydrogens is 378 g/mol. The van der Waals surface area contributed by atoms with Gasteiger partial charge in [-0.25, -0.2) is 4.98 Å². The molecule has 0 radical (unpaired) electrons. The van der Waals surface area contributed by atoms with E-state index in [1.807, 2.05) is 25.1 Å². The number of amides is 1. The molecule has 0 aliphatic heterocycles. The SMILES string of the molecule is CCc1ccc2nc(N(CCN(C)C)C(=O)c3ccc4c(c3)CCCC4)sc2c1. The molecule has 1 aliphatic rings. The number of carbonyl (C=O) groups is 1. The fraction of sp³-hybridized carbons (Fsp3) is 0.417. The van der Waals surface area contributed by atoms with Crippen LogP contribution in [0.3, 0.4) is 0 Å². The van der Waals surface area contributed by atoms with Gasteiger partial charge in [-0.3, -0.25) is 9.69 Å². The second-order valence-corrected chi connectivity index (χ2v) is 9.11. The van der Waals surface area contributed by atoms with Crippen molar-refractivity contribution < 1.29 is 4.79 Å². The van der Waals surface area contributed by atoms with Crippen LogP contribution in [0.4, 0.5) is 5.13 Å². The number of hydrogen-bond acceptors (Lipinski definition) is 4. The standard InChI is InChI=1S/C24H29N3OS/c1-4-17-9-12-21-22(15-17)29-24(25-21)27(14-13-26(2)3)23(28)20-11-10-18-7-5-6-8-19(18)16-20/h9-12,15-16H,4-8,13-14H2,1-3H3. The molecule has 0 fully saturated rings. The maximum absolute atomic E-state index is 13.5. The highest BCUT2D eigenvalue weighted by Crippen LogP contribution is 2.31. The topological polar surface area (TPSA) is 36.4 Å². The maximum Gasteiger partial charge on any atom is 0.260 e. The molecule has 0 unspecified atom stereocenters. The molecule has 0 saturated heterocycles. The van der Waals surface area contributed by atoms with Crippen LogP contribution in [0, 0.1) is 0 Å². The van der Waals surface area contributed by atoms with Gasteiger partial charge in [0.25, 0.3) is 5.91 Å². The highest BCUT2D eigenvalue weighted by molar-refractivity contribution is 7.22. The summed E-state index contributed by atoms with van der Waals surface area (Å²) in [5.41, 5.74) is 5.79. The Hall–Kier alpha value is -2.24. The average molecular weight is 408 g/mol. The van der Waals surface area contributed by atoms with Gasteiger partial charge in [-0.05, 0) is 87.2 Å². The van der Waals surface area contributed by atoms with Crippen LogP contribution in [0.2, 0.25) is 0 Å². The Morgan fingerprint density at radius 3 is 2.59 bits per heavy atom. The van der Waals surface area contributed by atoms with Gasteiger partial charge in [0.1, 0.15) is 0 Å². The molecule has 1 amide bonds. The first kappa shape index (κ1) is 20.0. The molecule has 0 saturated carbocycles. The molecular formula is C24H29N3OS. The summed E-state index contributed by atoms with van der Waals surface area (Å²) in [7, 11) is 4.07. The summed E-state index contributed by atoms with van der Waals surface area (Å²) < 4.78 is 1.15. The molecule has 1 aliphatic carbocycles. The van der Waals surface area contributed by atoms with Crippen LogP contribution in [0.5, 0.6) is 0 Å². The lowest BCUT2D eigenvalue weighted by molar-refractivity contribution is 0.0985. The smallest absolute Gasteiger partial charge is 0.260 e. The van der Waals surface area contributed by atoms with Crippen molar-refractivity contribution in [2.75, 3.05) is 32.1 Å². The molecule has 152 valence electrons. The highest BCUT2D eigenvalue weighted by atomic mass is 32.1. The monoisotopic (exact) mass is 407 g/mol. The van der Waals surface area contributed by atoms with Crippen LogP contribution in [-0.2, 0) is 19.3 Å². The van der Waals surface area contributed by atoms with E-state index in [9.17, 15) is 4.79 Å². The van der Waals surface area contributed by atoms with E-state index in [0.29, 0.717) is 6.54 Å². The van der Waals surface area contributed by atoms with Gasteiger partial charge in [0.2, 0.25) is 0 Å². The van der Waals surface area contributed by atoms with Gasteiger partial charge in [-0.2, -0.15) is 0 Å². The molecule has 0 N–H and O–H groups in total. The number of likely N-dealkylation sites (N-methyl/N-ethyl adjacent to an activating group) is 1. The average Bonchev–Trinajstić information content (AvgIpc) is 3.15. The molecule has 0 bridgehead atoms. The van der Waals surface area contributed by atoms with Crippen molar-refractivity contribution in [3.8, 4) is 0 Å². The third kappa shape index (κ3) is 4.36. The van der Waals surface area contributed by atoms with E-state index in [4.69, 9.17) is 4.98 Å². The second kappa shape index (κ2) is 8.64. The number of hydrogen-bond donors (Lipinski definition) is 0. The zero-order valence-electron chi connectivity index (χ0n) is 17.6. The zero-order valence-corrected chi connectivity index (χ0v) is 18.4. The Labute approximate surface area is 177 Å². The summed E-state index contributed by atoms with van der Waals surface area (Å²) in [5, 5.41) is 0.790. The van der Waals surface area contributed by atoms with E-state index in [1.165, 1.54) is 29.5 Å². The van der Waals surface area contributed by atoms with Gasteiger partial charge in [-0.1, -0.05) is 30.4 Å². The van der Waals surface area contributed by atoms with E-state index in [1.54, 1.807) is 11.3 Å². The first-order valence-corrected chi connectivity index (χ1v) is 11.3. The van der Waals surface area contributed by atoms with Crippen LogP contribution in [0.1, 0.15) is 46.8 Å². The third-order valence-corrected chi connectivity index (χ3v) is 6.73. The Bertz CT molecular complexity index is 1020. The lowest BCUT2D eigenvalue weighted by atomic mass is 9.90.